The molecule has 0 aliphatic rings. The van der Waals surface area contributed by atoms with Gasteiger partial charge >= 0.3 is 6.09 Å². The molecule has 0 atom stereocenters. The van der Waals surface area contributed by atoms with E-state index in [9.17, 15) is 4.79 Å². The van der Waals surface area contributed by atoms with Gasteiger partial charge in [-0.2, -0.15) is 0 Å². The lowest BCUT2D eigenvalue weighted by atomic mass is 10.3. The van der Waals surface area contributed by atoms with E-state index >= 15 is 0 Å². The predicted molar refractivity (Wildman–Crippen MR) is 52.2 cm³/mol. The van der Waals surface area contributed by atoms with E-state index in [0.717, 1.165) is 0 Å². The Hall–Kier alpha value is -1.91. The largest absolute Gasteiger partial charge is 0.495 e. The number of para-hydroxylation sites is 2. The van der Waals surface area contributed by atoms with Crippen molar-refractivity contribution in [2.45, 2.75) is 0 Å². The number of rotatable bonds is 3. The Labute approximate surface area is 82.0 Å². The third-order valence-corrected chi connectivity index (χ3v) is 1.59. The molecule has 0 saturated carbocycles. The molecule has 0 heterocycles. The first-order valence-corrected chi connectivity index (χ1v) is 4.01. The highest BCUT2D eigenvalue weighted by Gasteiger charge is 2.02. The second kappa shape index (κ2) is 4.96. The van der Waals surface area contributed by atoms with Crippen LogP contribution in [0.4, 0.5) is 10.5 Å². The number of amides is 1. The van der Waals surface area contributed by atoms with Crippen molar-refractivity contribution in [3.63, 3.8) is 0 Å². The number of hydrogen-bond acceptors (Lipinski definition) is 4. The van der Waals surface area contributed by atoms with Crippen molar-refractivity contribution in [2.75, 3.05) is 19.6 Å². The maximum absolute atomic E-state index is 10.7. The summed E-state index contributed by atoms with van der Waals surface area (Å²) in [5.41, 5.74) is 5.66. The van der Waals surface area contributed by atoms with E-state index in [4.69, 9.17) is 4.74 Å². The summed E-state index contributed by atoms with van der Waals surface area (Å²) in [7, 11) is 2.85. The molecule has 0 aliphatic heterocycles. The number of methoxy groups -OCH3 is 2. The average molecular weight is 196 g/mol. The van der Waals surface area contributed by atoms with Crippen LogP contribution in [-0.4, -0.2) is 20.3 Å². The molecule has 0 saturated heterocycles. The first-order chi connectivity index (χ1) is 6.77. The number of hydrogen-bond donors (Lipinski definition) is 2. The standard InChI is InChI=1S/C9H12N2O3/c1-13-8-6-4-3-5-7(8)10-11-9(12)14-2/h3-6,10H,1-2H3,(H,11,12). The van der Waals surface area contributed by atoms with E-state index in [-0.39, 0.29) is 0 Å². The molecular weight excluding hydrogens is 184 g/mol. The number of carbonyl (C=O) groups is 1. The zero-order valence-corrected chi connectivity index (χ0v) is 8.03. The smallest absolute Gasteiger partial charge is 0.425 e. The highest BCUT2D eigenvalue weighted by atomic mass is 16.5. The SMILES string of the molecule is COC(=O)NNc1ccccc1OC. The number of hydrazine groups is 1. The highest BCUT2D eigenvalue weighted by Crippen LogP contribution is 2.21. The second-order valence-electron chi connectivity index (χ2n) is 2.44. The predicted octanol–water partition coefficient (Wildman–Crippen LogP) is 1.38. The van der Waals surface area contributed by atoms with E-state index in [1.54, 1.807) is 19.2 Å². The summed E-state index contributed by atoms with van der Waals surface area (Å²) in [5, 5.41) is 0. The van der Waals surface area contributed by atoms with E-state index in [1.165, 1.54) is 7.11 Å². The summed E-state index contributed by atoms with van der Waals surface area (Å²) < 4.78 is 9.45. The van der Waals surface area contributed by atoms with Crippen molar-refractivity contribution in [2.24, 2.45) is 0 Å². The van der Waals surface area contributed by atoms with E-state index in [0.29, 0.717) is 11.4 Å². The van der Waals surface area contributed by atoms with E-state index < -0.39 is 6.09 Å². The van der Waals surface area contributed by atoms with Gasteiger partial charge in [0.25, 0.3) is 0 Å². The van der Waals surface area contributed by atoms with Crippen molar-refractivity contribution in [3.8, 4) is 5.75 Å². The summed E-state index contributed by atoms with van der Waals surface area (Å²) in [5.74, 6) is 0.643. The van der Waals surface area contributed by atoms with Gasteiger partial charge in [0, 0.05) is 0 Å². The van der Waals surface area contributed by atoms with Gasteiger partial charge in [-0.05, 0) is 12.1 Å². The van der Waals surface area contributed by atoms with Crippen LogP contribution in [0.3, 0.4) is 0 Å². The van der Waals surface area contributed by atoms with Gasteiger partial charge in [-0.1, -0.05) is 12.1 Å². The third kappa shape index (κ3) is 2.55. The molecule has 0 aromatic heterocycles. The highest BCUT2D eigenvalue weighted by molar-refractivity contribution is 5.70. The molecule has 0 bridgehead atoms. The maximum Gasteiger partial charge on any atom is 0.425 e. The van der Waals surface area contributed by atoms with Crippen LogP contribution in [-0.2, 0) is 4.74 Å². The van der Waals surface area contributed by atoms with Crippen LogP contribution in [0.1, 0.15) is 0 Å². The van der Waals surface area contributed by atoms with Gasteiger partial charge in [0.1, 0.15) is 5.75 Å². The topological polar surface area (TPSA) is 59.6 Å². The summed E-state index contributed by atoms with van der Waals surface area (Å²) in [6.45, 7) is 0. The van der Waals surface area contributed by atoms with Crippen LogP contribution >= 0.6 is 0 Å². The maximum atomic E-state index is 10.7. The quantitative estimate of drug-likeness (QED) is 0.717. The van der Waals surface area contributed by atoms with Crippen LogP contribution in [0, 0.1) is 0 Å². The van der Waals surface area contributed by atoms with Gasteiger partial charge in [-0.15, -0.1) is 0 Å². The molecule has 0 fully saturated rings. The summed E-state index contributed by atoms with van der Waals surface area (Å²) in [4.78, 5) is 10.7. The molecule has 2 N–H and O–H groups in total. The Bertz CT molecular complexity index is 315. The normalized spacial score (nSPS) is 9.00. The summed E-state index contributed by atoms with van der Waals surface area (Å²) >= 11 is 0. The second-order valence-corrected chi connectivity index (χ2v) is 2.44. The molecule has 0 aliphatic carbocycles. The summed E-state index contributed by atoms with van der Waals surface area (Å²) in [6.07, 6.45) is -0.559. The fourth-order valence-electron chi connectivity index (χ4n) is 0.917. The van der Waals surface area contributed by atoms with Gasteiger partial charge < -0.3 is 9.47 Å². The van der Waals surface area contributed by atoms with Gasteiger partial charge in [0.2, 0.25) is 0 Å². The molecule has 1 rings (SSSR count). The average Bonchev–Trinajstić information content (AvgIpc) is 2.26. The first kappa shape index (κ1) is 10.2. The number of ether oxygens (including phenoxy) is 2. The molecule has 1 aromatic rings. The summed E-state index contributed by atoms with van der Waals surface area (Å²) in [6, 6.07) is 7.21. The number of anilines is 1. The van der Waals surface area contributed by atoms with Crippen LogP contribution in [0.2, 0.25) is 0 Å². The first-order valence-electron chi connectivity index (χ1n) is 4.01. The molecule has 1 amide bonds. The van der Waals surface area contributed by atoms with Crippen molar-refractivity contribution >= 4 is 11.8 Å². The molecular formula is C9H12N2O3. The number of carbonyl (C=O) groups excluding carboxylic acids is 1. The fraction of sp³-hybridized carbons (Fsp3) is 0.222. The van der Waals surface area contributed by atoms with Crippen LogP contribution in [0.25, 0.3) is 0 Å². The molecule has 1 aromatic carbocycles. The Morgan fingerprint density at radius 1 is 1.29 bits per heavy atom. The zero-order valence-electron chi connectivity index (χ0n) is 8.03. The lowest BCUT2D eigenvalue weighted by molar-refractivity contribution is 0.173. The van der Waals surface area contributed by atoms with Gasteiger partial charge in [-0.3, -0.25) is 5.43 Å². The molecule has 0 unspecified atom stereocenters. The molecule has 5 nitrogen and oxygen atoms in total. The minimum absolute atomic E-state index is 0.559. The number of benzene rings is 1. The van der Waals surface area contributed by atoms with Crippen LogP contribution in [0.5, 0.6) is 5.75 Å². The number of nitrogens with one attached hydrogen (secondary N) is 2. The zero-order chi connectivity index (χ0) is 10.4. The van der Waals surface area contributed by atoms with Crippen molar-refractivity contribution < 1.29 is 14.3 Å². The lowest BCUT2D eigenvalue weighted by Crippen LogP contribution is -2.29. The fourth-order valence-corrected chi connectivity index (χ4v) is 0.917. The monoisotopic (exact) mass is 196 g/mol. The van der Waals surface area contributed by atoms with Crippen LogP contribution < -0.4 is 15.6 Å². The van der Waals surface area contributed by atoms with Gasteiger partial charge in [-0.25, -0.2) is 10.2 Å². The lowest BCUT2D eigenvalue weighted by Gasteiger charge is -2.10. The van der Waals surface area contributed by atoms with Gasteiger partial charge in [0.05, 0.1) is 19.9 Å². The Morgan fingerprint density at radius 3 is 2.64 bits per heavy atom. The van der Waals surface area contributed by atoms with Crippen molar-refractivity contribution in [1.82, 2.24) is 5.43 Å². The minimum Gasteiger partial charge on any atom is -0.495 e. The Morgan fingerprint density at radius 2 is 2.00 bits per heavy atom. The minimum atomic E-state index is -0.559. The van der Waals surface area contributed by atoms with Crippen molar-refractivity contribution in [1.29, 1.82) is 0 Å². The molecule has 76 valence electrons. The molecule has 5 heteroatoms. The van der Waals surface area contributed by atoms with Crippen LogP contribution in [0.15, 0.2) is 24.3 Å². The van der Waals surface area contributed by atoms with E-state index in [2.05, 4.69) is 15.6 Å². The Kier molecular flexibility index (Phi) is 3.60. The Balaban J connectivity index is 2.61. The molecule has 0 radical (unpaired) electrons. The third-order valence-electron chi connectivity index (χ3n) is 1.59. The molecule has 0 spiro atoms. The van der Waals surface area contributed by atoms with Gasteiger partial charge in [0.15, 0.2) is 0 Å². The molecule has 14 heavy (non-hydrogen) atoms. The van der Waals surface area contributed by atoms with E-state index in [1.807, 2.05) is 12.1 Å². The van der Waals surface area contributed by atoms with Crippen molar-refractivity contribution in [3.05, 3.63) is 24.3 Å².